The molecule has 1 aliphatic carbocycles. The van der Waals surface area contributed by atoms with Gasteiger partial charge < -0.3 is 10.1 Å². The second kappa shape index (κ2) is 6.37. The minimum atomic E-state index is -0.205. The van der Waals surface area contributed by atoms with Gasteiger partial charge in [-0.1, -0.05) is 6.07 Å². The number of thiophene rings is 1. The van der Waals surface area contributed by atoms with Gasteiger partial charge in [0.2, 0.25) is 0 Å². The Hall–Kier alpha value is -1.39. The highest BCUT2D eigenvalue weighted by molar-refractivity contribution is 7.09. The molecule has 0 saturated heterocycles. The minimum absolute atomic E-state index is 0.205. The number of benzene rings is 1. The fraction of sp³-hybridized carbons (Fsp3) is 0.375. The summed E-state index contributed by atoms with van der Waals surface area (Å²) in [5, 5.41) is 5.47. The molecular formula is C16H18FNOS. The summed E-state index contributed by atoms with van der Waals surface area (Å²) >= 11 is 1.73. The summed E-state index contributed by atoms with van der Waals surface area (Å²) in [7, 11) is 0. The number of halogens is 1. The van der Waals surface area contributed by atoms with Crippen LogP contribution in [0.5, 0.6) is 5.75 Å². The van der Waals surface area contributed by atoms with Crippen LogP contribution in [-0.2, 0) is 13.0 Å². The van der Waals surface area contributed by atoms with E-state index in [-0.39, 0.29) is 5.82 Å². The van der Waals surface area contributed by atoms with Gasteiger partial charge >= 0.3 is 0 Å². The maximum absolute atomic E-state index is 13.4. The SMILES string of the molecule is Fc1ccc(OCCc2cccs2)c(CNC2CC2)c1. The van der Waals surface area contributed by atoms with Crippen molar-refractivity contribution in [2.75, 3.05) is 6.61 Å². The van der Waals surface area contributed by atoms with Gasteiger partial charge in [0.1, 0.15) is 11.6 Å². The molecule has 1 aliphatic rings. The molecule has 106 valence electrons. The Labute approximate surface area is 122 Å². The molecule has 3 rings (SSSR count). The van der Waals surface area contributed by atoms with Gasteiger partial charge in [-0.05, 0) is 42.5 Å². The van der Waals surface area contributed by atoms with E-state index in [1.165, 1.54) is 23.8 Å². The van der Waals surface area contributed by atoms with E-state index in [9.17, 15) is 4.39 Å². The molecule has 0 unspecified atom stereocenters. The molecule has 2 aromatic rings. The predicted molar refractivity (Wildman–Crippen MR) is 79.8 cm³/mol. The first-order chi connectivity index (χ1) is 9.81. The van der Waals surface area contributed by atoms with Crippen molar-refractivity contribution in [2.24, 2.45) is 0 Å². The molecule has 0 spiro atoms. The lowest BCUT2D eigenvalue weighted by molar-refractivity contribution is 0.318. The second-order valence-electron chi connectivity index (χ2n) is 5.09. The summed E-state index contributed by atoms with van der Waals surface area (Å²) < 4.78 is 19.2. The number of hydrogen-bond donors (Lipinski definition) is 1. The third kappa shape index (κ3) is 3.81. The zero-order chi connectivity index (χ0) is 13.8. The third-order valence-corrected chi connectivity index (χ3v) is 4.30. The van der Waals surface area contributed by atoms with Crippen molar-refractivity contribution in [1.82, 2.24) is 5.32 Å². The van der Waals surface area contributed by atoms with Crippen molar-refractivity contribution < 1.29 is 9.13 Å². The van der Waals surface area contributed by atoms with E-state index < -0.39 is 0 Å². The Bertz CT molecular complexity index is 552. The molecule has 2 nitrogen and oxygen atoms in total. The molecule has 0 aliphatic heterocycles. The quantitative estimate of drug-likeness (QED) is 0.838. The van der Waals surface area contributed by atoms with Crippen molar-refractivity contribution in [2.45, 2.75) is 31.8 Å². The smallest absolute Gasteiger partial charge is 0.123 e. The predicted octanol–water partition coefficient (Wildman–Crippen LogP) is 3.76. The highest BCUT2D eigenvalue weighted by Crippen LogP contribution is 2.23. The van der Waals surface area contributed by atoms with Crippen molar-refractivity contribution in [1.29, 1.82) is 0 Å². The maximum atomic E-state index is 13.4. The van der Waals surface area contributed by atoms with Crippen molar-refractivity contribution in [3.05, 3.63) is 52.0 Å². The molecule has 0 radical (unpaired) electrons. The monoisotopic (exact) mass is 291 g/mol. The summed E-state index contributed by atoms with van der Waals surface area (Å²) in [5.74, 6) is 0.583. The van der Waals surface area contributed by atoms with E-state index in [0.717, 1.165) is 17.7 Å². The Morgan fingerprint density at radius 1 is 1.30 bits per heavy atom. The van der Waals surface area contributed by atoms with Crippen LogP contribution < -0.4 is 10.1 Å². The van der Waals surface area contributed by atoms with Crippen LogP contribution in [0.4, 0.5) is 4.39 Å². The van der Waals surface area contributed by atoms with Crippen LogP contribution in [0.25, 0.3) is 0 Å². The normalized spacial score (nSPS) is 14.4. The third-order valence-electron chi connectivity index (χ3n) is 3.37. The molecule has 0 bridgehead atoms. The molecule has 1 saturated carbocycles. The Kier molecular flexibility index (Phi) is 4.33. The fourth-order valence-electron chi connectivity index (χ4n) is 2.09. The molecule has 1 N–H and O–H groups in total. The van der Waals surface area contributed by atoms with Crippen LogP contribution >= 0.6 is 11.3 Å². The molecule has 1 fully saturated rings. The van der Waals surface area contributed by atoms with Crippen molar-refractivity contribution >= 4 is 11.3 Å². The lowest BCUT2D eigenvalue weighted by Gasteiger charge is -2.12. The topological polar surface area (TPSA) is 21.3 Å². The van der Waals surface area contributed by atoms with Crippen molar-refractivity contribution in [3.8, 4) is 5.75 Å². The van der Waals surface area contributed by atoms with Gasteiger partial charge in [0.25, 0.3) is 0 Å². The molecule has 0 atom stereocenters. The van der Waals surface area contributed by atoms with Gasteiger partial charge in [-0.2, -0.15) is 0 Å². The average molecular weight is 291 g/mol. The van der Waals surface area contributed by atoms with Crippen LogP contribution in [0.2, 0.25) is 0 Å². The minimum Gasteiger partial charge on any atom is -0.493 e. The molecule has 20 heavy (non-hydrogen) atoms. The standard InChI is InChI=1S/C16H18FNOS/c17-13-3-6-16(12(10-13)11-18-14-4-5-14)19-8-7-15-2-1-9-20-15/h1-3,6,9-10,14,18H,4-5,7-8,11H2. The largest absolute Gasteiger partial charge is 0.493 e. The average Bonchev–Trinajstić information content (AvgIpc) is 3.13. The van der Waals surface area contributed by atoms with Gasteiger partial charge in [0.15, 0.2) is 0 Å². The van der Waals surface area contributed by atoms with Crippen LogP contribution in [0.3, 0.4) is 0 Å². The van der Waals surface area contributed by atoms with E-state index in [4.69, 9.17) is 4.74 Å². The number of nitrogens with one attached hydrogen (secondary N) is 1. The van der Waals surface area contributed by atoms with E-state index in [2.05, 4.69) is 16.8 Å². The summed E-state index contributed by atoms with van der Waals surface area (Å²) in [4.78, 5) is 1.31. The molecule has 1 aromatic carbocycles. The first kappa shape index (κ1) is 13.6. The summed E-state index contributed by atoms with van der Waals surface area (Å²) in [5.41, 5.74) is 0.906. The first-order valence-electron chi connectivity index (χ1n) is 6.98. The van der Waals surface area contributed by atoms with E-state index >= 15 is 0 Å². The van der Waals surface area contributed by atoms with E-state index in [1.54, 1.807) is 23.5 Å². The van der Waals surface area contributed by atoms with Crippen molar-refractivity contribution in [3.63, 3.8) is 0 Å². The number of ether oxygens (including phenoxy) is 1. The van der Waals surface area contributed by atoms with E-state index in [0.29, 0.717) is 19.2 Å². The molecule has 1 aromatic heterocycles. The lowest BCUT2D eigenvalue weighted by atomic mass is 10.2. The maximum Gasteiger partial charge on any atom is 0.123 e. The van der Waals surface area contributed by atoms with Crippen LogP contribution in [0.1, 0.15) is 23.3 Å². The Morgan fingerprint density at radius 3 is 2.95 bits per heavy atom. The number of rotatable bonds is 7. The summed E-state index contributed by atoms with van der Waals surface area (Å²) in [6.45, 7) is 1.30. The molecule has 1 heterocycles. The van der Waals surface area contributed by atoms with Gasteiger partial charge in [0.05, 0.1) is 6.61 Å². The van der Waals surface area contributed by atoms with Crippen LogP contribution in [-0.4, -0.2) is 12.6 Å². The summed E-state index contributed by atoms with van der Waals surface area (Å²) in [6, 6.07) is 9.51. The molecular weight excluding hydrogens is 273 g/mol. The zero-order valence-corrected chi connectivity index (χ0v) is 12.1. The molecule has 0 amide bonds. The van der Waals surface area contributed by atoms with Crippen LogP contribution in [0, 0.1) is 5.82 Å². The van der Waals surface area contributed by atoms with Crippen LogP contribution in [0.15, 0.2) is 35.7 Å². The highest BCUT2D eigenvalue weighted by Gasteiger charge is 2.20. The highest BCUT2D eigenvalue weighted by atomic mass is 32.1. The Morgan fingerprint density at radius 2 is 2.20 bits per heavy atom. The second-order valence-corrected chi connectivity index (χ2v) is 6.12. The summed E-state index contributed by atoms with van der Waals surface area (Å²) in [6.07, 6.45) is 3.35. The van der Waals surface area contributed by atoms with Gasteiger partial charge in [-0.25, -0.2) is 4.39 Å². The fourth-order valence-corrected chi connectivity index (χ4v) is 2.78. The van der Waals surface area contributed by atoms with Gasteiger partial charge in [0, 0.05) is 29.4 Å². The lowest BCUT2D eigenvalue weighted by Crippen LogP contribution is -2.16. The van der Waals surface area contributed by atoms with E-state index in [1.807, 2.05) is 6.07 Å². The number of hydrogen-bond acceptors (Lipinski definition) is 3. The van der Waals surface area contributed by atoms with Gasteiger partial charge in [-0.15, -0.1) is 11.3 Å². The first-order valence-corrected chi connectivity index (χ1v) is 7.86. The Balaban J connectivity index is 1.58. The van der Waals surface area contributed by atoms with Gasteiger partial charge in [-0.3, -0.25) is 0 Å². The zero-order valence-electron chi connectivity index (χ0n) is 11.3. The molecule has 4 heteroatoms.